The normalized spacial score (nSPS) is 27.9. The van der Waals surface area contributed by atoms with Crippen LogP contribution in [0.4, 0.5) is 21.7 Å². The summed E-state index contributed by atoms with van der Waals surface area (Å²) in [5, 5.41) is 0. The number of rotatable bonds is 3. The van der Waals surface area contributed by atoms with Gasteiger partial charge in [0.2, 0.25) is 6.43 Å². The molecule has 1 saturated heterocycles. The van der Waals surface area contributed by atoms with Crippen molar-refractivity contribution in [3.8, 4) is 0 Å². The Hall–Kier alpha value is 1.31. The molecule has 0 aliphatic carbocycles. The maximum Gasteiger partial charge on any atom is 1.00 e. The number of halogens is 5. The van der Waals surface area contributed by atoms with Crippen LogP contribution in [0.5, 0.6) is 0 Å². The Bertz CT molecular complexity index is 180. The zero-order valence-corrected chi connectivity index (χ0v) is 10.9. The zero-order chi connectivity index (χ0) is 10.1. The van der Waals surface area contributed by atoms with Crippen LogP contribution in [-0.2, 0) is 4.74 Å². The van der Waals surface area contributed by atoms with E-state index in [2.05, 4.69) is 4.74 Å². The van der Waals surface area contributed by atoms with Gasteiger partial charge in [-0.2, -0.15) is 0 Å². The predicted molar refractivity (Wildman–Crippen MR) is 37.8 cm³/mol. The fourth-order valence-corrected chi connectivity index (χ4v) is 1.51. The van der Waals surface area contributed by atoms with E-state index in [0.29, 0.717) is 0 Å². The van der Waals surface area contributed by atoms with Gasteiger partial charge in [0.15, 0.2) is 0 Å². The van der Waals surface area contributed by atoms with E-state index in [1.165, 1.54) is 0 Å². The minimum Gasteiger partial charge on any atom is -0.449 e. The van der Waals surface area contributed by atoms with E-state index in [1.807, 2.05) is 0 Å². The maximum atomic E-state index is 12.4. The van der Waals surface area contributed by atoms with Crippen LogP contribution in [0.2, 0.25) is 6.32 Å². The SMILES string of the molecule is FC(F)C1(C[B-](F)(F)F)CCOC1.[K+]. The van der Waals surface area contributed by atoms with Gasteiger partial charge in [0.05, 0.1) is 6.61 Å². The molecule has 1 aliphatic heterocycles. The third-order valence-electron chi connectivity index (χ3n) is 2.23. The topological polar surface area (TPSA) is 9.23 Å². The summed E-state index contributed by atoms with van der Waals surface area (Å²) >= 11 is 0. The average molecular weight is 242 g/mol. The average Bonchev–Trinajstić information content (AvgIpc) is 2.33. The van der Waals surface area contributed by atoms with Crippen molar-refractivity contribution in [2.75, 3.05) is 13.2 Å². The molecule has 0 bridgehead atoms. The smallest absolute Gasteiger partial charge is 0.449 e. The molecule has 1 nitrogen and oxygen atoms in total. The molecule has 0 aromatic rings. The van der Waals surface area contributed by atoms with Crippen molar-refractivity contribution in [2.24, 2.45) is 5.41 Å². The number of hydrogen-bond acceptors (Lipinski definition) is 1. The molecule has 1 fully saturated rings. The van der Waals surface area contributed by atoms with Crippen LogP contribution in [0, 0.1) is 5.41 Å². The van der Waals surface area contributed by atoms with Crippen LogP contribution in [0.15, 0.2) is 0 Å². The van der Waals surface area contributed by atoms with Crippen molar-refractivity contribution in [2.45, 2.75) is 19.2 Å². The molecule has 1 heterocycles. The van der Waals surface area contributed by atoms with Crippen LogP contribution in [0.25, 0.3) is 0 Å². The van der Waals surface area contributed by atoms with E-state index in [9.17, 15) is 21.7 Å². The quantitative estimate of drug-likeness (QED) is 0.479. The summed E-state index contributed by atoms with van der Waals surface area (Å²) in [4.78, 5) is 0. The van der Waals surface area contributed by atoms with E-state index in [1.54, 1.807) is 0 Å². The Kier molecular flexibility index (Phi) is 6.11. The first kappa shape index (κ1) is 15.3. The summed E-state index contributed by atoms with van der Waals surface area (Å²) in [5.74, 6) is 0. The summed E-state index contributed by atoms with van der Waals surface area (Å²) in [6.07, 6.45) is -4.56. The first-order valence-electron chi connectivity index (χ1n) is 3.93. The van der Waals surface area contributed by atoms with E-state index in [4.69, 9.17) is 0 Å². The molecule has 1 atom stereocenters. The molecule has 0 aromatic heterocycles. The number of alkyl halides is 2. The van der Waals surface area contributed by atoms with Crippen LogP contribution in [0.3, 0.4) is 0 Å². The third kappa shape index (κ3) is 4.05. The van der Waals surface area contributed by atoms with Gasteiger partial charge in [0.1, 0.15) is 0 Å². The molecule has 0 saturated carbocycles. The summed E-state index contributed by atoms with van der Waals surface area (Å²) in [7, 11) is 0. The van der Waals surface area contributed by atoms with Gasteiger partial charge in [0, 0.05) is 12.0 Å². The van der Waals surface area contributed by atoms with Crippen LogP contribution < -0.4 is 51.4 Å². The predicted octanol–water partition coefficient (Wildman–Crippen LogP) is -0.490. The van der Waals surface area contributed by atoms with Gasteiger partial charge in [-0.25, -0.2) is 8.78 Å². The van der Waals surface area contributed by atoms with E-state index in [0.717, 1.165) is 0 Å². The summed E-state index contributed by atoms with van der Waals surface area (Å²) < 4.78 is 65.3. The van der Waals surface area contributed by atoms with Gasteiger partial charge >= 0.3 is 58.4 Å². The Balaban J connectivity index is 0.00000169. The largest absolute Gasteiger partial charge is 1.00 e. The van der Waals surface area contributed by atoms with Gasteiger partial charge in [-0.1, -0.05) is 6.32 Å². The van der Waals surface area contributed by atoms with Crippen molar-refractivity contribution in [1.82, 2.24) is 0 Å². The monoisotopic (exact) mass is 242 g/mol. The van der Waals surface area contributed by atoms with Gasteiger partial charge < -0.3 is 17.7 Å². The minimum absolute atomic E-state index is 0. The van der Waals surface area contributed by atoms with Crippen LogP contribution in [-0.4, -0.2) is 26.6 Å². The zero-order valence-electron chi connectivity index (χ0n) is 7.78. The fraction of sp³-hybridized carbons (Fsp3) is 1.00. The van der Waals surface area contributed by atoms with Crippen molar-refractivity contribution in [3.63, 3.8) is 0 Å². The molecule has 0 spiro atoms. The molecule has 0 N–H and O–H groups in total. The van der Waals surface area contributed by atoms with Crippen LogP contribution >= 0.6 is 0 Å². The van der Waals surface area contributed by atoms with Crippen LogP contribution in [0.1, 0.15) is 6.42 Å². The number of hydrogen-bond donors (Lipinski definition) is 0. The van der Waals surface area contributed by atoms with Crippen molar-refractivity contribution < 1.29 is 77.8 Å². The minimum atomic E-state index is -5.17. The summed E-state index contributed by atoms with van der Waals surface area (Å²) in [5.41, 5.74) is -1.97. The first-order chi connectivity index (χ1) is 5.86. The standard InChI is InChI=1S/C6H9BF5O.K/c8-5(9)6(1-2-13-4-6)3-7(10,11)12;/h5H,1-4H2;/q-1;+1. The molecule has 1 unspecified atom stereocenters. The second-order valence-corrected chi connectivity index (χ2v) is 3.38. The van der Waals surface area contributed by atoms with Gasteiger partial charge in [-0.05, 0) is 6.42 Å². The summed E-state index contributed by atoms with van der Waals surface area (Å²) in [6.45, 7) is -5.65. The molecule has 0 radical (unpaired) electrons. The molecule has 1 rings (SSSR count). The molecule has 8 heteroatoms. The van der Waals surface area contributed by atoms with Crippen molar-refractivity contribution >= 4 is 6.98 Å². The molecule has 78 valence electrons. The Morgan fingerprint density at radius 1 is 1.29 bits per heavy atom. The van der Waals surface area contributed by atoms with Crippen molar-refractivity contribution in [3.05, 3.63) is 0 Å². The maximum absolute atomic E-state index is 12.4. The molecular formula is C6H9BF5KO. The molecule has 1 aliphatic rings. The first-order valence-corrected chi connectivity index (χ1v) is 3.93. The Labute approximate surface area is 121 Å². The Morgan fingerprint density at radius 2 is 1.86 bits per heavy atom. The van der Waals surface area contributed by atoms with E-state index >= 15 is 0 Å². The fourth-order valence-electron chi connectivity index (χ4n) is 1.51. The molecule has 14 heavy (non-hydrogen) atoms. The summed E-state index contributed by atoms with van der Waals surface area (Å²) in [6, 6.07) is 0. The number of ether oxygens (including phenoxy) is 1. The van der Waals surface area contributed by atoms with Gasteiger partial charge in [-0.15, -0.1) is 0 Å². The van der Waals surface area contributed by atoms with E-state index in [-0.39, 0.29) is 64.4 Å². The molecular weight excluding hydrogens is 233 g/mol. The molecule has 0 amide bonds. The Morgan fingerprint density at radius 3 is 2.14 bits per heavy atom. The van der Waals surface area contributed by atoms with Gasteiger partial charge in [0.25, 0.3) is 0 Å². The van der Waals surface area contributed by atoms with Gasteiger partial charge in [-0.3, -0.25) is 0 Å². The second kappa shape index (κ2) is 5.58. The van der Waals surface area contributed by atoms with E-state index < -0.39 is 31.7 Å². The third-order valence-corrected chi connectivity index (χ3v) is 2.23. The van der Waals surface area contributed by atoms with Crippen molar-refractivity contribution in [1.29, 1.82) is 0 Å². The molecule has 0 aromatic carbocycles. The second-order valence-electron chi connectivity index (χ2n) is 3.38.